The molecule has 0 spiro atoms. The molecule has 3 rings (SSSR count). The predicted molar refractivity (Wildman–Crippen MR) is 76.7 cm³/mol. The highest BCUT2D eigenvalue weighted by molar-refractivity contribution is 5.92. The topological polar surface area (TPSA) is 59.3 Å². The van der Waals surface area contributed by atoms with Gasteiger partial charge in [-0.2, -0.15) is 5.10 Å². The van der Waals surface area contributed by atoms with Crippen LogP contribution in [0.2, 0.25) is 0 Å². The van der Waals surface area contributed by atoms with Crippen molar-refractivity contribution in [3.63, 3.8) is 0 Å². The van der Waals surface area contributed by atoms with Gasteiger partial charge in [0.25, 0.3) is 5.91 Å². The molecule has 2 heterocycles. The monoisotopic (exact) mass is 272 g/mol. The van der Waals surface area contributed by atoms with Crippen molar-refractivity contribution in [3.05, 3.63) is 29.3 Å². The minimum atomic E-state index is -0.137. The second-order valence-electron chi connectivity index (χ2n) is 5.80. The van der Waals surface area contributed by atoms with Crippen LogP contribution in [-0.2, 0) is 0 Å². The summed E-state index contributed by atoms with van der Waals surface area (Å²) >= 11 is 0. The van der Waals surface area contributed by atoms with Crippen molar-refractivity contribution in [1.29, 1.82) is 0 Å². The highest BCUT2D eigenvalue weighted by Gasteiger charge is 2.26. The Morgan fingerprint density at radius 3 is 2.85 bits per heavy atom. The number of carbonyl (C=O) groups excluding carboxylic acids is 1. The first-order chi connectivity index (χ1) is 9.56. The molecule has 0 aliphatic heterocycles. The third-order valence-corrected chi connectivity index (χ3v) is 4.24. The average molecular weight is 272 g/mol. The zero-order valence-corrected chi connectivity index (χ0v) is 12.2. The van der Waals surface area contributed by atoms with Gasteiger partial charge >= 0.3 is 0 Å². The summed E-state index contributed by atoms with van der Waals surface area (Å²) in [4.78, 5) is 16.6. The van der Waals surface area contributed by atoms with Crippen molar-refractivity contribution in [1.82, 2.24) is 19.9 Å². The second kappa shape index (κ2) is 4.89. The van der Waals surface area contributed by atoms with E-state index in [0.717, 1.165) is 16.8 Å². The molecule has 1 aliphatic rings. The molecule has 1 N–H and O–H groups in total. The summed E-state index contributed by atoms with van der Waals surface area (Å²) in [5, 5.41) is 7.45. The van der Waals surface area contributed by atoms with Crippen LogP contribution in [0, 0.1) is 19.8 Å². The van der Waals surface area contributed by atoms with Crippen molar-refractivity contribution < 1.29 is 4.79 Å². The van der Waals surface area contributed by atoms with Gasteiger partial charge in [-0.1, -0.05) is 6.42 Å². The Morgan fingerprint density at radius 2 is 2.20 bits per heavy atom. The van der Waals surface area contributed by atoms with E-state index in [1.165, 1.54) is 19.3 Å². The van der Waals surface area contributed by atoms with Crippen LogP contribution in [0.1, 0.15) is 48.1 Å². The first kappa shape index (κ1) is 13.1. The number of carbonyl (C=O) groups is 1. The molecule has 0 saturated heterocycles. The molecule has 1 unspecified atom stereocenters. The van der Waals surface area contributed by atoms with Crippen LogP contribution in [0.3, 0.4) is 0 Å². The van der Waals surface area contributed by atoms with E-state index in [1.54, 1.807) is 10.7 Å². The van der Waals surface area contributed by atoms with E-state index in [0.29, 0.717) is 11.7 Å². The van der Waals surface area contributed by atoms with Crippen molar-refractivity contribution in [2.45, 2.75) is 46.1 Å². The Hall–Kier alpha value is -1.91. The summed E-state index contributed by atoms with van der Waals surface area (Å²) < 4.78 is 1.65. The Bertz CT molecular complexity index is 657. The Balaban J connectivity index is 1.87. The fraction of sp³-hybridized carbons (Fsp3) is 0.533. The molecule has 2 aromatic heterocycles. The number of hydrogen-bond acceptors (Lipinski definition) is 3. The number of hydrogen-bond donors (Lipinski definition) is 1. The fourth-order valence-electron chi connectivity index (χ4n) is 2.77. The number of amides is 1. The third-order valence-electron chi connectivity index (χ3n) is 4.24. The summed E-state index contributed by atoms with van der Waals surface area (Å²) in [7, 11) is 0. The van der Waals surface area contributed by atoms with E-state index < -0.39 is 0 Å². The highest BCUT2D eigenvalue weighted by atomic mass is 16.2. The number of nitrogens with one attached hydrogen (secondary N) is 1. The van der Waals surface area contributed by atoms with E-state index >= 15 is 0 Å². The summed E-state index contributed by atoms with van der Waals surface area (Å²) in [5.41, 5.74) is 2.85. The Kier molecular flexibility index (Phi) is 3.20. The number of rotatable bonds is 3. The summed E-state index contributed by atoms with van der Waals surface area (Å²) in [6, 6.07) is 2.20. The number of nitrogens with zero attached hydrogens (tertiary/aromatic N) is 3. The average Bonchev–Trinajstić information content (AvgIpc) is 2.69. The first-order valence-corrected chi connectivity index (χ1v) is 7.19. The number of aromatic nitrogens is 3. The van der Waals surface area contributed by atoms with Gasteiger partial charge in [0.1, 0.15) is 0 Å². The van der Waals surface area contributed by atoms with Crippen molar-refractivity contribution >= 4 is 11.4 Å². The zero-order chi connectivity index (χ0) is 14.3. The fourth-order valence-corrected chi connectivity index (χ4v) is 2.77. The van der Waals surface area contributed by atoms with E-state index in [4.69, 9.17) is 0 Å². The lowest BCUT2D eigenvalue weighted by atomic mass is 9.80. The Morgan fingerprint density at radius 1 is 1.45 bits per heavy atom. The van der Waals surface area contributed by atoms with Crippen LogP contribution in [0.5, 0.6) is 0 Å². The largest absolute Gasteiger partial charge is 0.347 e. The number of fused-ring (bicyclic) bond motifs is 1. The van der Waals surface area contributed by atoms with Crippen LogP contribution < -0.4 is 5.32 Å². The van der Waals surface area contributed by atoms with Gasteiger partial charge in [0, 0.05) is 6.04 Å². The molecule has 5 nitrogen and oxygen atoms in total. The van der Waals surface area contributed by atoms with E-state index in [1.807, 2.05) is 19.9 Å². The minimum Gasteiger partial charge on any atom is -0.347 e. The molecule has 0 aromatic carbocycles. The van der Waals surface area contributed by atoms with Crippen LogP contribution in [-0.4, -0.2) is 26.5 Å². The third kappa shape index (κ3) is 2.17. The van der Waals surface area contributed by atoms with Gasteiger partial charge in [-0.3, -0.25) is 4.79 Å². The molecular weight excluding hydrogens is 252 g/mol. The molecule has 1 atom stereocenters. The van der Waals surface area contributed by atoms with Gasteiger partial charge in [-0.05, 0) is 51.2 Å². The molecule has 0 radical (unpaired) electrons. The summed E-state index contributed by atoms with van der Waals surface area (Å²) in [6.45, 7) is 6.00. The molecule has 2 aromatic rings. The molecule has 1 amide bonds. The predicted octanol–water partition coefficient (Wildman–Crippen LogP) is 2.26. The molecule has 0 bridgehead atoms. The van der Waals surface area contributed by atoms with Crippen LogP contribution in [0.15, 0.2) is 12.3 Å². The molecule has 5 heteroatoms. The normalized spacial score (nSPS) is 16.9. The Labute approximate surface area is 118 Å². The minimum absolute atomic E-state index is 0.137. The quantitative estimate of drug-likeness (QED) is 0.932. The van der Waals surface area contributed by atoms with Crippen LogP contribution >= 0.6 is 0 Å². The molecule has 1 fully saturated rings. The van der Waals surface area contributed by atoms with Crippen LogP contribution in [0.4, 0.5) is 0 Å². The molecule has 1 saturated carbocycles. The van der Waals surface area contributed by atoms with Gasteiger partial charge in [0.2, 0.25) is 5.82 Å². The summed E-state index contributed by atoms with van der Waals surface area (Å²) in [6.07, 6.45) is 5.41. The SMILES string of the molecule is Cc1cc(C)c2cnc(C(=O)NC(C)C3CCC3)n2n1. The molecule has 1 aliphatic carbocycles. The number of imidazole rings is 1. The van der Waals surface area contributed by atoms with E-state index in [-0.39, 0.29) is 11.9 Å². The highest BCUT2D eigenvalue weighted by Crippen LogP contribution is 2.29. The smallest absolute Gasteiger partial charge is 0.289 e. The van der Waals surface area contributed by atoms with Gasteiger partial charge in [0.05, 0.1) is 17.4 Å². The van der Waals surface area contributed by atoms with Crippen molar-refractivity contribution in [2.75, 3.05) is 0 Å². The van der Waals surface area contributed by atoms with Gasteiger partial charge in [-0.25, -0.2) is 9.50 Å². The lowest BCUT2D eigenvalue weighted by molar-refractivity contribution is 0.0897. The lowest BCUT2D eigenvalue weighted by Crippen LogP contribution is -2.41. The van der Waals surface area contributed by atoms with Gasteiger partial charge in [0.15, 0.2) is 0 Å². The second-order valence-corrected chi connectivity index (χ2v) is 5.80. The van der Waals surface area contributed by atoms with Crippen molar-refractivity contribution in [2.24, 2.45) is 5.92 Å². The lowest BCUT2D eigenvalue weighted by Gasteiger charge is -2.31. The maximum atomic E-state index is 12.4. The summed E-state index contributed by atoms with van der Waals surface area (Å²) in [5.74, 6) is 0.849. The van der Waals surface area contributed by atoms with Crippen molar-refractivity contribution in [3.8, 4) is 0 Å². The zero-order valence-electron chi connectivity index (χ0n) is 12.2. The molecular formula is C15H20N4O. The molecule has 20 heavy (non-hydrogen) atoms. The van der Waals surface area contributed by atoms with E-state index in [2.05, 4.69) is 22.3 Å². The van der Waals surface area contributed by atoms with Crippen LogP contribution in [0.25, 0.3) is 5.52 Å². The maximum absolute atomic E-state index is 12.4. The standard InChI is InChI=1S/C15H20N4O/c1-9-7-10(2)18-19-13(9)8-16-14(19)15(20)17-11(3)12-5-4-6-12/h7-8,11-12H,4-6H2,1-3H3,(H,17,20). The van der Waals surface area contributed by atoms with E-state index in [9.17, 15) is 4.79 Å². The van der Waals surface area contributed by atoms with Gasteiger partial charge in [-0.15, -0.1) is 0 Å². The molecule has 106 valence electrons. The van der Waals surface area contributed by atoms with Gasteiger partial charge < -0.3 is 5.32 Å². The first-order valence-electron chi connectivity index (χ1n) is 7.19. The number of aryl methyl sites for hydroxylation is 2. The maximum Gasteiger partial charge on any atom is 0.289 e.